The monoisotopic (exact) mass is 326 g/mol. The highest BCUT2D eigenvalue weighted by Gasteiger charge is 2.18. The van der Waals surface area contributed by atoms with Gasteiger partial charge < -0.3 is 15.6 Å². The first kappa shape index (κ1) is 15.7. The van der Waals surface area contributed by atoms with E-state index >= 15 is 0 Å². The van der Waals surface area contributed by atoms with E-state index in [1.807, 2.05) is 0 Å². The topological polar surface area (TPSA) is 92.1 Å². The number of nitrogens with one attached hydrogen (secondary N) is 1. The maximum atomic E-state index is 13.0. The number of para-hydroxylation sites is 1. The van der Waals surface area contributed by atoms with Gasteiger partial charge in [0.2, 0.25) is 0 Å². The number of aromatic nitrogens is 2. The van der Waals surface area contributed by atoms with Gasteiger partial charge in [-0.2, -0.15) is 0 Å². The number of H-pyrrole nitrogens is 1. The van der Waals surface area contributed by atoms with Crippen molar-refractivity contribution in [2.45, 2.75) is 6.54 Å². The van der Waals surface area contributed by atoms with Gasteiger partial charge in [-0.15, -0.1) is 0 Å². The molecule has 122 valence electrons. The summed E-state index contributed by atoms with van der Waals surface area (Å²) < 4.78 is 13.0. The summed E-state index contributed by atoms with van der Waals surface area (Å²) in [4.78, 5) is 32.3. The molecule has 0 saturated heterocycles. The predicted octanol–water partition coefficient (Wildman–Crippen LogP) is 2.07. The summed E-state index contributed by atoms with van der Waals surface area (Å²) in [6.07, 6.45) is 0. The number of hydrogen-bond acceptors (Lipinski definition) is 3. The molecule has 3 aromatic rings. The third kappa shape index (κ3) is 2.96. The van der Waals surface area contributed by atoms with Gasteiger partial charge >= 0.3 is 0 Å². The number of primary amides is 1. The van der Waals surface area contributed by atoms with Crippen LogP contribution in [0.3, 0.4) is 0 Å². The number of hydrogen-bond donors (Lipinski definition) is 2. The molecular formula is C17H15FN4O2. The maximum Gasteiger partial charge on any atom is 0.284 e. The molecule has 0 fully saturated rings. The molecule has 0 atom stereocenters. The summed E-state index contributed by atoms with van der Waals surface area (Å²) in [6, 6.07) is 11.0. The van der Waals surface area contributed by atoms with Crippen molar-refractivity contribution in [2.75, 3.05) is 7.05 Å². The van der Waals surface area contributed by atoms with Crippen LogP contribution in [-0.2, 0) is 6.54 Å². The van der Waals surface area contributed by atoms with Gasteiger partial charge in [-0.05, 0) is 29.8 Å². The molecule has 0 radical (unpaired) electrons. The van der Waals surface area contributed by atoms with E-state index in [-0.39, 0.29) is 17.5 Å². The third-order valence-corrected chi connectivity index (χ3v) is 3.66. The fraction of sp³-hybridized carbons (Fsp3) is 0.118. The van der Waals surface area contributed by atoms with Crippen molar-refractivity contribution in [3.05, 3.63) is 65.2 Å². The second-order valence-corrected chi connectivity index (χ2v) is 5.44. The summed E-state index contributed by atoms with van der Waals surface area (Å²) in [6.45, 7) is 0.326. The van der Waals surface area contributed by atoms with E-state index in [1.165, 1.54) is 17.0 Å². The number of amides is 2. The van der Waals surface area contributed by atoms with Gasteiger partial charge in [-0.1, -0.05) is 18.2 Å². The average molecular weight is 326 g/mol. The average Bonchev–Trinajstić information content (AvgIpc) is 3.00. The summed E-state index contributed by atoms with van der Waals surface area (Å²) in [5.41, 5.74) is 7.36. The van der Waals surface area contributed by atoms with Crippen LogP contribution in [-0.4, -0.2) is 33.7 Å². The van der Waals surface area contributed by atoms with Crippen LogP contribution in [0.4, 0.5) is 4.39 Å². The van der Waals surface area contributed by atoms with Gasteiger partial charge in [0.1, 0.15) is 5.82 Å². The number of benzene rings is 2. The van der Waals surface area contributed by atoms with Gasteiger partial charge in [0.05, 0.1) is 16.6 Å². The van der Waals surface area contributed by atoms with Crippen LogP contribution in [0.2, 0.25) is 0 Å². The third-order valence-electron chi connectivity index (χ3n) is 3.66. The Morgan fingerprint density at radius 2 is 1.92 bits per heavy atom. The number of halogens is 1. The zero-order valence-electron chi connectivity index (χ0n) is 12.9. The minimum atomic E-state index is -0.690. The Bertz CT molecular complexity index is 918. The summed E-state index contributed by atoms with van der Waals surface area (Å²) in [5, 5.41) is 0. The SMILES string of the molecule is CN(Cc1ccc(F)cc1)C(=O)c1cccc2nc(C(N)=O)[nH]c12. The van der Waals surface area contributed by atoms with Crippen molar-refractivity contribution < 1.29 is 14.0 Å². The van der Waals surface area contributed by atoms with Gasteiger partial charge in [0, 0.05) is 13.6 Å². The second kappa shape index (κ2) is 6.11. The number of carbonyl (C=O) groups is 2. The van der Waals surface area contributed by atoms with Crippen molar-refractivity contribution >= 4 is 22.8 Å². The number of imidazole rings is 1. The van der Waals surface area contributed by atoms with Crippen molar-refractivity contribution in [2.24, 2.45) is 5.73 Å². The van der Waals surface area contributed by atoms with Crippen molar-refractivity contribution in [1.29, 1.82) is 0 Å². The highest BCUT2D eigenvalue weighted by molar-refractivity contribution is 6.06. The molecule has 0 unspecified atom stereocenters. The minimum absolute atomic E-state index is 0.00596. The zero-order valence-corrected chi connectivity index (χ0v) is 12.9. The van der Waals surface area contributed by atoms with Gasteiger partial charge in [0.15, 0.2) is 5.82 Å². The van der Waals surface area contributed by atoms with Gasteiger partial charge in [0.25, 0.3) is 11.8 Å². The van der Waals surface area contributed by atoms with E-state index in [9.17, 15) is 14.0 Å². The summed E-state index contributed by atoms with van der Waals surface area (Å²) in [5.74, 6) is -1.26. The van der Waals surface area contributed by atoms with Crippen LogP contribution >= 0.6 is 0 Å². The van der Waals surface area contributed by atoms with Gasteiger partial charge in [-0.25, -0.2) is 9.37 Å². The highest BCUT2D eigenvalue weighted by Crippen LogP contribution is 2.19. The molecule has 1 heterocycles. The molecule has 1 aromatic heterocycles. The Hall–Kier alpha value is -3.22. The largest absolute Gasteiger partial charge is 0.363 e. The number of rotatable bonds is 4. The van der Waals surface area contributed by atoms with E-state index in [0.717, 1.165) is 5.56 Å². The van der Waals surface area contributed by atoms with E-state index in [0.29, 0.717) is 23.1 Å². The molecule has 3 N–H and O–H groups in total. The quantitative estimate of drug-likeness (QED) is 0.769. The fourth-order valence-electron chi connectivity index (χ4n) is 2.47. The number of nitrogens with zero attached hydrogens (tertiary/aromatic N) is 2. The molecule has 24 heavy (non-hydrogen) atoms. The molecule has 0 bridgehead atoms. The molecule has 7 heteroatoms. The molecule has 0 spiro atoms. The first-order chi connectivity index (χ1) is 11.5. The lowest BCUT2D eigenvalue weighted by atomic mass is 10.1. The number of carbonyl (C=O) groups excluding carboxylic acids is 2. The van der Waals surface area contributed by atoms with E-state index < -0.39 is 5.91 Å². The molecule has 3 rings (SSSR count). The van der Waals surface area contributed by atoms with Crippen LogP contribution in [0.15, 0.2) is 42.5 Å². The van der Waals surface area contributed by atoms with Crippen molar-refractivity contribution in [1.82, 2.24) is 14.9 Å². The number of fused-ring (bicyclic) bond motifs is 1. The number of aromatic amines is 1. The first-order valence-electron chi connectivity index (χ1n) is 7.24. The Labute approximate surface area is 137 Å². The fourth-order valence-corrected chi connectivity index (χ4v) is 2.47. The van der Waals surface area contributed by atoms with Crippen LogP contribution in [0.1, 0.15) is 26.5 Å². The minimum Gasteiger partial charge on any atom is -0.363 e. The van der Waals surface area contributed by atoms with E-state index in [4.69, 9.17) is 5.73 Å². The summed E-state index contributed by atoms with van der Waals surface area (Å²) >= 11 is 0. The maximum absolute atomic E-state index is 13.0. The highest BCUT2D eigenvalue weighted by atomic mass is 19.1. The van der Waals surface area contributed by atoms with Crippen LogP contribution in [0.5, 0.6) is 0 Å². The Kier molecular flexibility index (Phi) is 3.99. The van der Waals surface area contributed by atoms with E-state index in [2.05, 4.69) is 9.97 Å². The standard InChI is InChI=1S/C17H15FN4O2/c1-22(9-10-5-7-11(18)8-6-10)17(24)12-3-2-4-13-14(12)21-16(20-13)15(19)23/h2-8H,9H2,1H3,(H2,19,23)(H,20,21). The Morgan fingerprint density at radius 3 is 2.58 bits per heavy atom. The molecule has 0 aliphatic heterocycles. The smallest absolute Gasteiger partial charge is 0.284 e. The molecular weight excluding hydrogens is 311 g/mol. The Morgan fingerprint density at radius 1 is 1.21 bits per heavy atom. The summed E-state index contributed by atoms with van der Waals surface area (Å²) in [7, 11) is 1.65. The normalized spacial score (nSPS) is 10.8. The second-order valence-electron chi connectivity index (χ2n) is 5.44. The zero-order chi connectivity index (χ0) is 17.3. The van der Waals surface area contributed by atoms with Crippen LogP contribution < -0.4 is 5.73 Å². The molecule has 2 aromatic carbocycles. The molecule has 0 saturated carbocycles. The number of nitrogens with two attached hydrogens (primary N) is 1. The van der Waals surface area contributed by atoms with Crippen molar-refractivity contribution in [3.63, 3.8) is 0 Å². The predicted molar refractivity (Wildman–Crippen MR) is 86.8 cm³/mol. The van der Waals surface area contributed by atoms with Gasteiger partial charge in [-0.3, -0.25) is 9.59 Å². The van der Waals surface area contributed by atoms with Crippen LogP contribution in [0, 0.1) is 5.82 Å². The van der Waals surface area contributed by atoms with E-state index in [1.54, 1.807) is 37.4 Å². The Balaban J connectivity index is 1.90. The van der Waals surface area contributed by atoms with Crippen molar-refractivity contribution in [3.8, 4) is 0 Å². The molecule has 6 nitrogen and oxygen atoms in total. The lowest BCUT2D eigenvalue weighted by molar-refractivity contribution is 0.0786. The lowest BCUT2D eigenvalue weighted by Crippen LogP contribution is -2.26. The lowest BCUT2D eigenvalue weighted by Gasteiger charge is -2.17. The first-order valence-corrected chi connectivity index (χ1v) is 7.24. The van der Waals surface area contributed by atoms with Crippen LogP contribution in [0.25, 0.3) is 11.0 Å². The molecule has 2 amide bonds. The molecule has 0 aliphatic carbocycles. The molecule has 0 aliphatic rings.